The van der Waals surface area contributed by atoms with Crippen LogP contribution in [0.25, 0.3) is 0 Å². The van der Waals surface area contributed by atoms with Crippen LogP contribution in [-0.4, -0.2) is 66.8 Å². The van der Waals surface area contributed by atoms with Gasteiger partial charge in [0.15, 0.2) is 0 Å². The summed E-state index contributed by atoms with van der Waals surface area (Å²) in [5.74, 6) is -1.32. The standard InChI is InChI=1S/C21H23BrN4O3/c22-18-9-5-4-8-17(18)21(29)26-14-12-25(13-15-26)11-10-23-19(27)20(28)24-16-6-2-1-3-7-16/h1-9H,10-15H2,(H,23,27)(H,24,28). The van der Waals surface area contributed by atoms with Crippen LogP contribution in [0.2, 0.25) is 0 Å². The summed E-state index contributed by atoms with van der Waals surface area (Å²) in [6, 6.07) is 16.3. The Morgan fingerprint density at radius 3 is 2.21 bits per heavy atom. The molecule has 1 aliphatic rings. The second-order valence-corrected chi connectivity index (χ2v) is 7.54. The second kappa shape index (κ2) is 10.2. The van der Waals surface area contributed by atoms with Crippen molar-refractivity contribution in [2.75, 3.05) is 44.6 Å². The largest absolute Gasteiger partial charge is 0.347 e. The quantitative estimate of drug-likeness (QED) is 0.670. The third-order valence-electron chi connectivity index (χ3n) is 4.72. The minimum absolute atomic E-state index is 0.0167. The smallest absolute Gasteiger partial charge is 0.313 e. The lowest BCUT2D eigenvalue weighted by Crippen LogP contribution is -2.50. The van der Waals surface area contributed by atoms with Crippen LogP contribution in [0, 0.1) is 0 Å². The molecule has 1 heterocycles. The predicted octanol–water partition coefficient (Wildman–Crippen LogP) is 1.96. The highest BCUT2D eigenvalue weighted by molar-refractivity contribution is 9.10. The molecule has 3 rings (SSSR count). The Morgan fingerprint density at radius 2 is 1.52 bits per heavy atom. The molecule has 1 saturated heterocycles. The summed E-state index contributed by atoms with van der Waals surface area (Å²) in [5.41, 5.74) is 1.25. The number of para-hydroxylation sites is 1. The molecule has 0 spiro atoms. The van der Waals surface area contributed by atoms with E-state index in [-0.39, 0.29) is 5.91 Å². The molecule has 0 saturated carbocycles. The lowest BCUT2D eigenvalue weighted by Gasteiger charge is -2.34. The Labute approximate surface area is 178 Å². The van der Waals surface area contributed by atoms with Crippen molar-refractivity contribution in [2.24, 2.45) is 0 Å². The number of amides is 3. The number of piperazine rings is 1. The number of hydrogen-bond donors (Lipinski definition) is 2. The average Bonchev–Trinajstić information content (AvgIpc) is 2.75. The number of anilines is 1. The molecule has 0 unspecified atom stereocenters. The van der Waals surface area contributed by atoms with Gasteiger partial charge in [0, 0.05) is 49.4 Å². The van der Waals surface area contributed by atoms with Crippen LogP contribution in [0.3, 0.4) is 0 Å². The summed E-state index contributed by atoms with van der Waals surface area (Å²) in [6.45, 7) is 3.70. The van der Waals surface area contributed by atoms with E-state index < -0.39 is 11.8 Å². The topological polar surface area (TPSA) is 81.8 Å². The highest BCUT2D eigenvalue weighted by Crippen LogP contribution is 2.18. The van der Waals surface area contributed by atoms with Crippen LogP contribution in [0.15, 0.2) is 59.1 Å². The van der Waals surface area contributed by atoms with Crippen molar-refractivity contribution in [3.8, 4) is 0 Å². The van der Waals surface area contributed by atoms with Gasteiger partial charge in [0.25, 0.3) is 5.91 Å². The van der Waals surface area contributed by atoms with Crippen molar-refractivity contribution in [3.05, 3.63) is 64.6 Å². The summed E-state index contributed by atoms with van der Waals surface area (Å²) >= 11 is 3.42. The molecular weight excluding hydrogens is 436 g/mol. The van der Waals surface area contributed by atoms with Gasteiger partial charge in [0.05, 0.1) is 5.56 Å². The normalized spacial score (nSPS) is 14.3. The van der Waals surface area contributed by atoms with E-state index in [2.05, 4.69) is 31.5 Å². The van der Waals surface area contributed by atoms with Gasteiger partial charge in [-0.05, 0) is 40.2 Å². The van der Waals surface area contributed by atoms with Crippen LogP contribution < -0.4 is 10.6 Å². The molecule has 2 N–H and O–H groups in total. The molecule has 2 aromatic rings. The minimum atomic E-state index is -0.681. The lowest BCUT2D eigenvalue weighted by molar-refractivity contribution is -0.136. The Hall–Kier alpha value is -2.71. The highest BCUT2D eigenvalue weighted by Gasteiger charge is 2.23. The van der Waals surface area contributed by atoms with E-state index in [4.69, 9.17) is 0 Å². The van der Waals surface area contributed by atoms with Crippen LogP contribution in [0.5, 0.6) is 0 Å². The van der Waals surface area contributed by atoms with Crippen LogP contribution in [0.1, 0.15) is 10.4 Å². The molecule has 1 aliphatic heterocycles. The number of halogens is 1. The summed E-state index contributed by atoms with van der Waals surface area (Å²) in [4.78, 5) is 40.4. The number of hydrogen-bond acceptors (Lipinski definition) is 4. The Balaban J connectivity index is 1.38. The van der Waals surface area contributed by atoms with Crippen molar-refractivity contribution >= 4 is 39.3 Å². The number of benzene rings is 2. The molecule has 8 heteroatoms. The van der Waals surface area contributed by atoms with Crippen LogP contribution >= 0.6 is 15.9 Å². The molecule has 3 amide bonds. The highest BCUT2D eigenvalue weighted by atomic mass is 79.9. The lowest BCUT2D eigenvalue weighted by atomic mass is 10.2. The molecule has 0 radical (unpaired) electrons. The molecule has 0 bridgehead atoms. The fraction of sp³-hybridized carbons (Fsp3) is 0.286. The maximum absolute atomic E-state index is 12.6. The molecule has 0 atom stereocenters. The van der Waals surface area contributed by atoms with Gasteiger partial charge in [-0.2, -0.15) is 0 Å². The molecule has 29 heavy (non-hydrogen) atoms. The van der Waals surface area contributed by atoms with Gasteiger partial charge in [-0.1, -0.05) is 30.3 Å². The zero-order valence-electron chi connectivity index (χ0n) is 15.9. The number of rotatable bonds is 5. The summed E-state index contributed by atoms with van der Waals surface area (Å²) in [7, 11) is 0. The fourth-order valence-corrected chi connectivity index (χ4v) is 3.55. The Bertz CT molecular complexity index is 867. The summed E-state index contributed by atoms with van der Waals surface area (Å²) < 4.78 is 0.795. The molecular formula is C21H23BrN4O3. The van der Waals surface area contributed by atoms with Crippen molar-refractivity contribution in [1.82, 2.24) is 15.1 Å². The van der Waals surface area contributed by atoms with Gasteiger partial charge in [0.1, 0.15) is 0 Å². The first-order valence-corrected chi connectivity index (χ1v) is 10.2. The first-order valence-electron chi connectivity index (χ1n) is 9.45. The number of nitrogens with zero attached hydrogens (tertiary/aromatic N) is 2. The summed E-state index contributed by atoms with van der Waals surface area (Å²) in [6.07, 6.45) is 0. The van der Waals surface area contributed by atoms with Crippen LogP contribution in [-0.2, 0) is 9.59 Å². The number of nitrogens with one attached hydrogen (secondary N) is 2. The van der Waals surface area contributed by atoms with Gasteiger partial charge >= 0.3 is 11.8 Å². The predicted molar refractivity (Wildman–Crippen MR) is 115 cm³/mol. The minimum Gasteiger partial charge on any atom is -0.347 e. The summed E-state index contributed by atoms with van der Waals surface area (Å²) in [5, 5.41) is 5.19. The Morgan fingerprint density at radius 1 is 0.862 bits per heavy atom. The van der Waals surface area contributed by atoms with Crippen molar-refractivity contribution in [1.29, 1.82) is 0 Å². The first kappa shape index (κ1) is 21.0. The third kappa shape index (κ3) is 5.88. The SMILES string of the molecule is O=C(NCCN1CCN(C(=O)c2ccccc2Br)CC1)C(=O)Nc1ccccc1. The average molecular weight is 459 g/mol. The van der Waals surface area contributed by atoms with Gasteiger partial charge in [0.2, 0.25) is 0 Å². The zero-order chi connectivity index (χ0) is 20.6. The zero-order valence-corrected chi connectivity index (χ0v) is 17.5. The van der Waals surface area contributed by atoms with Gasteiger partial charge in [-0.3, -0.25) is 19.3 Å². The van der Waals surface area contributed by atoms with Gasteiger partial charge in [-0.15, -0.1) is 0 Å². The van der Waals surface area contributed by atoms with E-state index in [9.17, 15) is 14.4 Å². The van der Waals surface area contributed by atoms with Gasteiger partial charge in [-0.25, -0.2) is 0 Å². The first-order chi connectivity index (χ1) is 14.0. The van der Waals surface area contributed by atoms with E-state index in [0.29, 0.717) is 37.4 Å². The molecule has 1 fully saturated rings. The maximum Gasteiger partial charge on any atom is 0.313 e. The van der Waals surface area contributed by atoms with Gasteiger partial charge < -0.3 is 15.5 Å². The van der Waals surface area contributed by atoms with Crippen LogP contribution in [0.4, 0.5) is 5.69 Å². The Kier molecular flexibility index (Phi) is 7.37. The maximum atomic E-state index is 12.6. The van der Waals surface area contributed by atoms with Crippen molar-refractivity contribution in [2.45, 2.75) is 0 Å². The van der Waals surface area contributed by atoms with Crippen molar-refractivity contribution < 1.29 is 14.4 Å². The van der Waals surface area contributed by atoms with E-state index >= 15 is 0 Å². The fourth-order valence-electron chi connectivity index (χ4n) is 3.10. The molecule has 152 valence electrons. The monoisotopic (exact) mass is 458 g/mol. The molecule has 7 nitrogen and oxygen atoms in total. The van der Waals surface area contributed by atoms with E-state index in [0.717, 1.165) is 17.6 Å². The third-order valence-corrected chi connectivity index (χ3v) is 5.41. The number of carbonyl (C=O) groups is 3. The van der Waals surface area contributed by atoms with Crippen molar-refractivity contribution in [3.63, 3.8) is 0 Å². The number of carbonyl (C=O) groups excluding carboxylic acids is 3. The molecule has 2 aromatic carbocycles. The van der Waals surface area contributed by atoms with E-state index in [1.54, 1.807) is 24.3 Å². The molecule has 0 aromatic heterocycles. The van der Waals surface area contributed by atoms with E-state index in [1.807, 2.05) is 35.2 Å². The molecule has 0 aliphatic carbocycles. The van der Waals surface area contributed by atoms with E-state index in [1.165, 1.54) is 0 Å². The second-order valence-electron chi connectivity index (χ2n) is 6.69.